The van der Waals surface area contributed by atoms with Gasteiger partial charge in [-0.1, -0.05) is 39.0 Å². The quantitative estimate of drug-likeness (QED) is 0.204. The molecule has 314 valence electrons. The number of carbonyl (C=O) groups excluding carboxylic acids is 4. The Hall–Kier alpha value is -2.60. The number of esters is 2. The standard InChI is InChI=1S/C40H65NO14/c1-22(2)18-30(45)53-38-26(6)51-32(21-40(38,7)48)54-35-25(5)52-39(34(47)33(35)41(8)9)55-36-27(16-17-42)19-23(3)28(43)15-13-11-12-14-24(4)50-31(46)20-29(44)37(36)49-10/h11-13,15,17,22-27,29,32-39,44,47-48H,14,16,18-21H2,1-10H3/b12-11+,15-13+/t23-,24-,25-,26+,27+,29-,32?,33-,34-,35-,36+,37+,38+,39+,40-/m1/s1. The Bertz CT molecular complexity index is 1320. The molecular weight excluding hydrogens is 718 g/mol. The number of aliphatic hydroxyl groups is 3. The van der Waals surface area contributed by atoms with E-state index in [1.165, 1.54) is 13.2 Å². The van der Waals surface area contributed by atoms with Gasteiger partial charge in [-0.15, -0.1) is 0 Å². The fraction of sp³-hybridized carbons (Fsp3) is 0.800. The number of ether oxygens (including phenoxy) is 7. The maximum Gasteiger partial charge on any atom is 0.308 e. The predicted octanol–water partition coefficient (Wildman–Crippen LogP) is 2.65. The van der Waals surface area contributed by atoms with Gasteiger partial charge in [0.2, 0.25) is 0 Å². The van der Waals surface area contributed by atoms with Crippen LogP contribution in [-0.2, 0) is 52.3 Å². The van der Waals surface area contributed by atoms with E-state index in [0.717, 1.165) is 0 Å². The van der Waals surface area contributed by atoms with Crippen LogP contribution in [0.2, 0.25) is 0 Å². The molecule has 0 amide bonds. The Kier molecular flexibility index (Phi) is 18.1. The van der Waals surface area contributed by atoms with E-state index in [1.807, 2.05) is 13.8 Å². The molecule has 0 aromatic heterocycles. The molecular formula is C40H65NO14. The van der Waals surface area contributed by atoms with Crippen LogP contribution in [0.25, 0.3) is 0 Å². The predicted molar refractivity (Wildman–Crippen MR) is 199 cm³/mol. The summed E-state index contributed by atoms with van der Waals surface area (Å²) in [5, 5.41) is 34.7. The number of aldehydes is 1. The van der Waals surface area contributed by atoms with E-state index in [-0.39, 0.29) is 37.4 Å². The van der Waals surface area contributed by atoms with E-state index in [2.05, 4.69) is 0 Å². The van der Waals surface area contributed by atoms with E-state index < -0.39 is 109 Å². The Labute approximate surface area is 325 Å². The minimum absolute atomic E-state index is 0.0389. The molecule has 3 aliphatic rings. The number of hydrogen-bond acceptors (Lipinski definition) is 15. The summed E-state index contributed by atoms with van der Waals surface area (Å²) in [6.45, 7) is 12.2. The Morgan fingerprint density at radius 2 is 1.73 bits per heavy atom. The lowest BCUT2D eigenvalue weighted by molar-refractivity contribution is -0.344. The summed E-state index contributed by atoms with van der Waals surface area (Å²) in [4.78, 5) is 52.3. The summed E-state index contributed by atoms with van der Waals surface area (Å²) in [7, 11) is 4.83. The van der Waals surface area contributed by atoms with E-state index in [0.29, 0.717) is 12.7 Å². The van der Waals surface area contributed by atoms with Crippen LogP contribution in [0.3, 0.4) is 0 Å². The number of nitrogens with zero attached hydrogens (tertiary/aromatic N) is 1. The number of ketones is 1. The highest BCUT2D eigenvalue weighted by Gasteiger charge is 2.52. The highest BCUT2D eigenvalue weighted by Crippen LogP contribution is 2.37. The highest BCUT2D eigenvalue weighted by atomic mass is 16.7. The topological polar surface area (TPSA) is 197 Å². The fourth-order valence-electron chi connectivity index (χ4n) is 7.68. The number of likely N-dealkylation sites (N-methyl/N-ethyl adjacent to an activating group) is 1. The summed E-state index contributed by atoms with van der Waals surface area (Å²) in [6.07, 6.45) is -3.87. The average Bonchev–Trinajstić information content (AvgIpc) is 3.06. The smallest absolute Gasteiger partial charge is 0.308 e. The van der Waals surface area contributed by atoms with Crippen molar-refractivity contribution in [2.75, 3.05) is 21.2 Å². The van der Waals surface area contributed by atoms with Gasteiger partial charge in [-0.3, -0.25) is 14.4 Å². The molecule has 3 heterocycles. The maximum atomic E-state index is 13.1. The molecule has 3 rings (SSSR count). The molecule has 0 aromatic carbocycles. The third-order valence-corrected chi connectivity index (χ3v) is 10.5. The summed E-state index contributed by atoms with van der Waals surface area (Å²) in [5.41, 5.74) is -1.49. The second kappa shape index (κ2) is 21.2. The van der Waals surface area contributed by atoms with Crippen LogP contribution in [0.15, 0.2) is 24.3 Å². The minimum atomic E-state index is -1.49. The van der Waals surface area contributed by atoms with Crippen molar-refractivity contribution in [2.24, 2.45) is 17.8 Å². The van der Waals surface area contributed by atoms with Gasteiger partial charge in [0, 0.05) is 38.7 Å². The third-order valence-electron chi connectivity index (χ3n) is 10.5. The number of rotatable bonds is 11. The normalized spacial score (nSPS) is 41.1. The lowest BCUT2D eigenvalue weighted by Crippen LogP contribution is -2.66. The van der Waals surface area contributed by atoms with Gasteiger partial charge in [-0.2, -0.15) is 0 Å². The zero-order valence-corrected chi connectivity index (χ0v) is 34.1. The Morgan fingerprint density at radius 3 is 2.33 bits per heavy atom. The molecule has 0 radical (unpaired) electrons. The molecule has 2 fully saturated rings. The van der Waals surface area contributed by atoms with Crippen LogP contribution in [0, 0.1) is 17.8 Å². The van der Waals surface area contributed by atoms with Gasteiger partial charge in [0.15, 0.2) is 24.5 Å². The molecule has 55 heavy (non-hydrogen) atoms. The summed E-state index contributed by atoms with van der Waals surface area (Å²) in [6, 6.07) is -0.768. The van der Waals surface area contributed by atoms with Gasteiger partial charge in [-0.25, -0.2) is 0 Å². The monoisotopic (exact) mass is 783 g/mol. The molecule has 0 spiro atoms. The zero-order chi connectivity index (χ0) is 41.2. The van der Waals surface area contributed by atoms with Crippen molar-refractivity contribution in [3.05, 3.63) is 24.3 Å². The molecule has 0 bridgehead atoms. The first kappa shape index (κ1) is 46.8. The molecule has 2 saturated heterocycles. The second-order valence-corrected chi connectivity index (χ2v) is 16.2. The van der Waals surface area contributed by atoms with Crippen LogP contribution in [-0.4, -0.2) is 145 Å². The number of aliphatic hydroxyl groups excluding tert-OH is 2. The van der Waals surface area contributed by atoms with Crippen LogP contribution >= 0.6 is 0 Å². The molecule has 15 atom stereocenters. The van der Waals surface area contributed by atoms with Crippen molar-refractivity contribution < 1.29 is 67.7 Å². The van der Waals surface area contributed by atoms with Crippen LogP contribution in [0.5, 0.6) is 0 Å². The van der Waals surface area contributed by atoms with Gasteiger partial charge in [0.05, 0.1) is 36.9 Å². The second-order valence-electron chi connectivity index (χ2n) is 16.2. The lowest BCUT2D eigenvalue weighted by atomic mass is 9.83. The van der Waals surface area contributed by atoms with E-state index >= 15 is 0 Å². The van der Waals surface area contributed by atoms with Crippen molar-refractivity contribution in [1.82, 2.24) is 4.90 Å². The number of allylic oxidation sites excluding steroid dienone is 3. The largest absolute Gasteiger partial charge is 0.462 e. The SMILES string of the molecule is CO[C@@H]1[C@@H](O[C@@H]2O[C@H](C)[C@@H](OC3C[C@@](C)(O)[C@@H](OC(=O)CC(C)C)[C@H](C)O3)[C@H](N(C)C)[C@H]2O)[C@@H](CC=O)C[C@@H](C)C(=O)/C=C/C=C/C[C@@H](C)OC(=O)C[C@H]1O. The summed E-state index contributed by atoms with van der Waals surface area (Å²) < 4.78 is 42.3. The molecule has 0 aromatic rings. The first-order valence-corrected chi connectivity index (χ1v) is 19.4. The minimum Gasteiger partial charge on any atom is -0.462 e. The molecule has 0 saturated carbocycles. The van der Waals surface area contributed by atoms with Crippen LogP contribution < -0.4 is 0 Å². The highest BCUT2D eigenvalue weighted by molar-refractivity contribution is 5.91. The van der Waals surface area contributed by atoms with Gasteiger partial charge in [0.1, 0.15) is 36.3 Å². The van der Waals surface area contributed by atoms with Crippen molar-refractivity contribution in [3.63, 3.8) is 0 Å². The van der Waals surface area contributed by atoms with Crippen molar-refractivity contribution in [3.8, 4) is 0 Å². The third kappa shape index (κ3) is 13.2. The van der Waals surface area contributed by atoms with Gasteiger partial charge in [0.25, 0.3) is 0 Å². The fourth-order valence-corrected chi connectivity index (χ4v) is 7.68. The number of carbonyl (C=O) groups is 4. The van der Waals surface area contributed by atoms with Crippen LogP contribution in [0.1, 0.15) is 87.0 Å². The molecule has 15 nitrogen and oxygen atoms in total. The Morgan fingerprint density at radius 1 is 1.04 bits per heavy atom. The number of hydrogen-bond donors (Lipinski definition) is 3. The van der Waals surface area contributed by atoms with Crippen molar-refractivity contribution in [1.29, 1.82) is 0 Å². The molecule has 3 N–H and O–H groups in total. The maximum absolute atomic E-state index is 13.1. The first-order chi connectivity index (χ1) is 25.8. The molecule has 15 heteroatoms. The van der Waals surface area contributed by atoms with E-state index in [9.17, 15) is 34.5 Å². The first-order valence-electron chi connectivity index (χ1n) is 19.4. The number of cyclic esters (lactones) is 1. The lowest BCUT2D eigenvalue weighted by Gasteiger charge is -2.50. The zero-order valence-electron chi connectivity index (χ0n) is 34.1. The van der Waals surface area contributed by atoms with E-state index in [1.54, 1.807) is 71.8 Å². The van der Waals surface area contributed by atoms with Crippen molar-refractivity contribution >= 4 is 24.0 Å². The summed E-state index contributed by atoms with van der Waals surface area (Å²) >= 11 is 0. The molecule has 3 aliphatic heterocycles. The molecule has 0 aliphatic carbocycles. The average molecular weight is 784 g/mol. The van der Waals surface area contributed by atoms with E-state index in [4.69, 9.17) is 33.2 Å². The number of methoxy groups -OCH3 is 1. The van der Waals surface area contributed by atoms with Gasteiger partial charge >= 0.3 is 11.9 Å². The van der Waals surface area contributed by atoms with Gasteiger partial charge in [-0.05, 0) is 66.1 Å². The molecule has 1 unspecified atom stereocenters. The Balaban J connectivity index is 1.90. The summed E-state index contributed by atoms with van der Waals surface area (Å²) in [5.74, 6) is -2.50. The van der Waals surface area contributed by atoms with Crippen LogP contribution in [0.4, 0.5) is 0 Å². The van der Waals surface area contributed by atoms with Gasteiger partial charge < -0.3 is 58.2 Å². The van der Waals surface area contributed by atoms with Crippen molar-refractivity contribution in [2.45, 2.75) is 166 Å².